The molecule has 3 nitrogen and oxygen atoms in total. The summed E-state index contributed by atoms with van der Waals surface area (Å²) in [5.41, 5.74) is 0. The normalized spacial score (nSPS) is 9.57. The van der Waals surface area contributed by atoms with E-state index >= 15 is 0 Å². The summed E-state index contributed by atoms with van der Waals surface area (Å²) in [7, 11) is 1.57. The van der Waals surface area contributed by atoms with Gasteiger partial charge in [-0.1, -0.05) is 0 Å². The van der Waals surface area contributed by atoms with Gasteiger partial charge in [-0.3, -0.25) is 4.79 Å². The zero-order chi connectivity index (χ0) is 10.4. The van der Waals surface area contributed by atoms with Crippen molar-refractivity contribution in [3.8, 4) is 5.75 Å². The Morgan fingerprint density at radius 2 is 2.07 bits per heavy atom. The third kappa shape index (κ3) is 3.43. The van der Waals surface area contributed by atoms with Crippen LogP contribution in [0.2, 0.25) is 0 Å². The van der Waals surface area contributed by atoms with E-state index in [0.29, 0.717) is 18.8 Å². The molecule has 0 aromatic heterocycles. The van der Waals surface area contributed by atoms with E-state index in [2.05, 4.69) is 5.32 Å². The summed E-state index contributed by atoms with van der Waals surface area (Å²) >= 11 is 0. The molecule has 1 amide bonds. The third-order valence-corrected chi connectivity index (χ3v) is 1.69. The molecule has 1 N–H and O–H groups in total. The standard InChI is InChI=1S/C10H12FNO2/c1-12-10(13)6-7-14-9-4-2-8(11)3-5-9/h2-5H,6-7H2,1H3,(H,12,13). The van der Waals surface area contributed by atoms with Crippen molar-refractivity contribution in [1.29, 1.82) is 0 Å². The zero-order valence-electron chi connectivity index (χ0n) is 7.92. The average Bonchev–Trinajstić information content (AvgIpc) is 2.21. The number of nitrogens with one attached hydrogen (secondary N) is 1. The van der Waals surface area contributed by atoms with Crippen LogP contribution in [-0.2, 0) is 4.79 Å². The fraction of sp³-hybridized carbons (Fsp3) is 0.300. The molecule has 0 spiro atoms. The number of rotatable bonds is 4. The number of amides is 1. The lowest BCUT2D eigenvalue weighted by Crippen LogP contribution is -2.20. The summed E-state index contributed by atoms with van der Waals surface area (Å²) in [6, 6.07) is 5.68. The van der Waals surface area contributed by atoms with Crippen molar-refractivity contribution in [2.75, 3.05) is 13.7 Å². The molecule has 1 rings (SSSR count). The predicted molar refractivity (Wildman–Crippen MR) is 50.6 cm³/mol. The van der Waals surface area contributed by atoms with Crippen LogP contribution in [0.25, 0.3) is 0 Å². The lowest BCUT2D eigenvalue weighted by molar-refractivity contribution is -0.121. The fourth-order valence-electron chi connectivity index (χ4n) is 0.917. The van der Waals surface area contributed by atoms with Gasteiger partial charge in [0.15, 0.2) is 0 Å². The second kappa shape index (κ2) is 5.21. The van der Waals surface area contributed by atoms with Gasteiger partial charge in [0.1, 0.15) is 11.6 Å². The Morgan fingerprint density at radius 3 is 2.64 bits per heavy atom. The molecule has 0 radical (unpaired) electrons. The second-order valence-corrected chi connectivity index (χ2v) is 2.73. The Morgan fingerprint density at radius 1 is 1.43 bits per heavy atom. The summed E-state index contributed by atoms with van der Waals surface area (Å²) < 4.78 is 17.7. The SMILES string of the molecule is CNC(=O)CCOc1ccc(F)cc1. The van der Waals surface area contributed by atoms with Crippen LogP contribution in [0.3, 0.4) is 0 Å². The number of benzene rings is 1. The molecule has 4 heteroatoms. The highest BCUT2D eigenvalue weighted by Crippen LogP contribution is 2.10. The van der Waals surface area contributed by atoms with Crippen molar-refractivity contribution in [3.63, 3.8) is 0 Å². The molecule has 0 heterocycles. The van der Waals surface area contributed by atoms with Gasteiger partial charge in [-0.25, -0.2) is 4.39 Å². The van der Waals surface area contributed by atoms with Crippen LogP contribution >= 0.6 is 0 Å². The highest BCUT2D eigenvalue weighted by Gasteiger charge is 1.98. The molecule has 0 saturated heterocycles. The van der Waals surface area contributed by atoms with Gasteiger partial charge in [0.2, 0.25) is 5.91 Å². The largest absolute Gasteiger partial charge is 0.493 e. The average molecular weight is 197 g/mol. The van der Waals surface area contributed by atoms with Gasteiger partial charge in [-0.15, -0.1) is 0 Å². The first-order valence-corrected chi connectivity index (χ1v) is 4.31. The van der Waals surface area contributed by atoms with Crippen molar-refractivity contribution in [2.45, 2.75) is 6.42 Å². The lowest BCUT2D eigenvalue weighted by atomic mass is 10.3. The summed E-state index contributed by atoms with van der Waals surface area (Å²) in [5.74, 6) is 0.186. The molecule has 14 heavy (non-hydrogen) atoms. The molecule has 0 saturated carbocycles. The maximum absolute atomic E-state index is 12.5. The van der Waals surface area contributed by atoms with E-state index < -0.39 is 0 Å². The molecule has 1 aromatic rings. The Kier molecular flexibility index (Phi) is 3.91. The number of carbonyl (C=O) groups is 1. The van der Waals surface area contributed by atoms with Crippen LogP contribution in [0.5, 0.6) is 5.75 Å². The van der Waals surface area contributed by atoms with Gasteiger partial charge in [0.05, 0.1) is 13.0 Å². The Bertz CT molecular complexity index is 297. The molecule has 0 aliphatic heterocycles. The number of carbonyl (C=O) groups excluding carboxylic acids is 1. The second-order valence-electron chi connectivity index (χ2n) is 2.73. The van der Waals surface area contributed by atoms with E-state index in [9.17, 15) is 9.18 Å². The zero-order valence-corrected chi connectivity index (χ0v) is 7.92. The Labute approximate surface area is 81.9 Å². The van der Waals surface area contributed by atoms with Crippen molar-refractivity contribution in [2.24, 2.45) is 0 Å². The van der Waals surface area contributed by atoms with Crippen LogP contribution in [-0.4, -0.2) is 19.6 Å². The van der Waals surface area contributed by atoms with Gasteiger partial charge < -0.3 is 10.1 Å². The molecular formula is C10H12FNO2. The van der Waals surface area contributed by atoms with Gasteiger partial charge in [0, 0.05) is 7.05 Å². The lowest BCUT2D eigenvalue weighted by Gasteiger charge is -2.04. The molecule has 0 aliphatic carbocycles. The molecule has 0 unspecified atom stereocenters. The minimum absolute atomic E-state index is 0.0767. The van der Waals surface area contributed by atoms with E-state index in [4.69, 9.17) is 4.74 Å². The highest BCUT2D eigenvalue weighted by atomic mass is 19.1. The number of halogens is 1. The topological polar surface area (TPSA) is 38.3 Å². The molecule has 0 atom stereocenters. The molecular weight excluding hydrogens is 185 g/mol. The van der Waals surface area contributed by atoms with Gasteiger partial charge >= 0.3 is 0 Å². The monoisotopic (exact) mass is 197 g/mol. The number of hydrogen-bond donors (Lipinski definition) is 1. The molecule has 1 aromatic carbocycles. The quantitative estimate of drug-likeness (QED) is 0.791. The van der Waals surface area contributed by atoms with E-state index in [-0.39, 0.29) is 11.7 Å². The van der Waals surface area contributed by atoms with Crippen LogP contribution in [0.15, 0.2) is 24.3 Å². The Balaban J connectivity index is 2.31. The summed E-state index contributed by atoms with van der Waals surface area (Å²) in [5, 5.41) is 2.48. The molecule has 0 bridgehead atoms. The van der Waals surface area contributed by atoms with Crippen LogP contribution in [0.4, 0.5) is 4.39 Å². The fourth-order valence-corrected chi connectivity index (χ4v) is 0.917. The van der Waals surface area contributed by atoms with Crippen molar-refractivity contribution in [3.05, 3.63) is 30.1 Å². The van der Waals surface area contributed by atoms with Crippen molar-refractivity contribution in [1.82, 2.24) is 5.32 Å². The van der Waals surface area contributed by atoms with E-state index in [1.165, 1.54) is 24.3 Å². The van der Waals surface area contributed by atoms with Crippen LogP contribution in [0, 0.1) is 5.82 Å². The molecule has 76 valence electrons. The van der Waals surface area contributed by atoms with Gasteiger partial charge in [-0.2, -0.15) is 0 Å². The van der Waals surface area contributed by atoms with Crippen LogP contribution < -0.4 is 10.1 Å². The first kappa shape index (κ1) is 10.5. The smallest absolute Gasteiger partial charge is 0.223 e. The summed E-state index contributed by atoms with van der Waals surface area (Å²) in [4.78, 5) is 10.8. The predicted octanol–water partition coefficient (Wildman–Crippen LogP) is 1.34. The summed E-state index contributed by atoms with van der Waals surface area (Å²) in [6.07, 6.45) is 0.299. The minimum Gasteiger partial charge on any atom is -0.493 e. The van der Waals surface area contributed by atoms with E-state index in [1.807, 2.05) is 0 Å². The maximum atomic E-state index is 12.5. The van der Waals surface area contributed by atoms with E-state index in [1.54, 1.807) is 7.05 Å². The first-order valence-electron chi connectivity index (χ1n) is 4.31. The summed E-state index contributed by atoms with van der Waals surface area (Å²) in [6.45, 7) is 0.297. The first-order chi connectivity index (χ1) is 6.72. The van der Waals surface area contributed by atoms with Crippen molar-refractivity contribution >= 4 is 5.91 Å². The maximum Gasteiger partial charge on any atom is 0.223 e. The Hall–Kier alpha value is -1.58. The van der Waals surface area contributed by atoms with Gasteiger partial charge in [0.25, 0.3) is 0 Å². The third-order valence-electron chi connectivity index (χ3n) is 1.69. The molecule has 0 aliphatic rings. The highest BCUT2D eigenvalue weighted by molar-refractivity contribution is 5.75. The van der Waals surface area contributed by atoms with Crippen LogP contribution in [0.1, 0.15) is 6.42 Å². The number of hydrogen-bond acceptors (Lipinski definition) is 2. The van der Waals surface area contributed by atoms with E-state index in [0.717, 1.165) is 0 Å². The number of ether oxygens (including phenoxy) is 1. The molecule has 0 fully saturated rings. The minimum atomic E-state index is -0.302. The van der Waals surface area contributed by atoms with Gasteiger partial charge in [-0.05, 0) is 24.3 Å². The van der Waals surface area contributed by atoms with Crippen molar-refractivity contribution < 1.29 is 13.9 Å².